The molecule has 0 saturated carbocycles. The first-order valence-electron chi connectivity index (χ1n) is 5.63. The molecule has 0 bridgehead atoms. The van der Waals surface area contributed by atoms with Gasteiger partial charge in [0.2, 0.25) is 5.91 Å². The minimum Gasteiger partial charge on any atom is -0.351 e. The van der Waals surface area contributed by atoms with Gasteiger partial charge in [-0.3, -0.25) is 4.79 Å². The van der Waals surface area contributed by atoms with Gasteiger partial charge in [-0.15, -0.1) is 0 Å². The van der Waals surface area contributed by atoms with Crippen molar-refractivity contribution in [3.63, 3.8) is 0 Å². The smallest absolute Gasteiger partial charge is 0.234 e. The molecule has 0 fully saturated rings. The van der Waals surface area contributed by atoms with Crippen LogP contribution < -0.4 is 10.6 Å². The lowest BCUT2D eigenvalue weighted by molar-refractivity contribution is -0.120. The van der Waals surface area contributed by atoms with E-state index in [1.165, 1.54) is 5.56 Å². The minimum absolute atomic E-state index is 0.0372. The second kappa shape index (κ2) is 6.28. The largest absolute Gasteiger partial charge is 0.351 e. The van der Waals surface area contributed by atoms with Crippen molar-refractivity contribution in [2.24, 2.45) is 0 Å². The SMILES string of the molecule is Cc1cccc(CNC(=O)CNC(C)C)c1. The predicted molar refractivity (Wildman–Crippen MR) is 66.2 cm³/mol. The van der Waals surface area contributed by atoms with Crippen molar-refractivity contribution >= 4 is 5.91 Å². The molecule has 1 aromatic carbocycles. The number of aryl methyl sites for hydroxylation is 1. The molecule has 0 atom stereocenters. The molecule has 0 spiro atoms. The lowest BCUT2D eigenvalue weighted by Gasteiger charge is -2.09. The van der Waals surface area contributed by atoms with Crippen LogP contribution in [0.1, 0.15) is 25.0 Å². The summed E-state index contributed by atoms with van der Waals surface area (Å²) in [5.74, 6) is 0.0372. The Kier molecular flexibility index (Phi) is 4.99. The molecule has 0 aliphatic rings. The summed E-state index contributed by atoms with van der Waals surface area (Å²) >= 11 is 0. The number of hydrogen-bond acceptors (Lipinski definition) is 2. The molecule has 0 aromatic heterocycles. The number of rotatable bonds is 5. The molecule has 16 heavy (non-hydrogen) atoms. The van der Waals surface area contributed by atoms with Gasteiger partial charge in [-0.1, -0.05) is 43.7 Å². The summed E-state index contributed by atoms with van der Waals surface area (Å²) in [6, 6.07) is 8.48. The maximum absolute atomic E-state index is 11.4. The summed E-state index contributed by atoms with van der Waals surface area (Å²) in [5.41, 5.74) is 2.35. The molecule has 88 valence electrons. The van der Waals surface area contributed by atoms with Crippen molar-refractivity contribution in [3.8, 4) is 0 Å². The third kappa shape index (κ3) is 4.94. The number of carbonyl (C=O) groups excluding carboxylic acids is 1. The van der Waals surface area contributed by atoms with E-state index < -0.39 is 0 Å². The van der Waals surface area contributed by atoms with Crippen LogP contribution in [-0.4, -0.2) is 18.5 Å². The summed E-state index contributed by atoms with van der Waals surface area (Å²) in [6.07, 6.45) is 0. The maximum Gasteiger partial charge on any atom is 0.234 e. The van der Waals surface area contributed by atoms with Gasteiger partial charge in [0.15, 0.2) is 0 Å². The van der Waals surface area contributed by atoms with Gasteiger partial charge in [0, 0.05) is 12.6 Å². The number of hydrogen-bond donors (Lipinski definition) is 2. The fourth-order valence-electron chi connectivity index (χ4n) is 1.38. The molecule has 0 unspecified atom stereocenters. The lowest BCUT2D eigenvalue weighted by atomic mass is 10.1. The average Bonchev–Trinajstić information content (AvgIpc) is 2.23. The zero-order valence-corrected chi connectivity index (χ0v) is 10.2. The second-order valence-corrected chi connectivity index (χ2v) is 4.30. The van der Waals surface area contributed by atoms with E-state index in [1.54, 1.807) is 0 Å². The summed E-state index contributed by atoms with van der Waals surface area (Å²) < 4.78 is 0. The molecular weight excluding hydrogens is 200 g/mol. The first-order valence-corrected chi connectivity index (χ1v) is 5.63. The van der Waals surface area contributed by atoms with Crippen molar-refractivity contribution in [2.75, 3.05) is 6.54 Å². The maximum atomic E-state index is 11.4. The summed E-state index contributed by atoms with van der Waals surface area (Å²) in [7, 11) is 0. The Labute approximate surface area is 97.2 Å². The summed E-state index contributed by atoms with van der Waals surface area (Å²) in [5, 5.41) is 5.96. The van der Waals surface area contributed by atoms with Crippen molar-refractivity contribution in [3.05, 3.63) is 35.4 Å². The first kappa shape index (κ1) is 12.7. The van der Waals surface area contributed by atoms with E-state index in [-0.39, 0.29) is 5.91 Å². The van der Waals surface area contributed by atoms with Gasteiger partial charge in [0.25, 0.3) is 0 Å². The van der Waals surface area contributed by atoms with Gasteiger partial charge < -0.3 is 10.6 Å². The highest BCUT2D eigenvalue weighted by atomic mass is 16.1. The molecule has 1 amide bonds. The average molecular weight is 220 g/mol. The lowest BCUT2D eigenvalue weighted by Crippen LogP contribution is -2.36. The van der Waals surface area contributed by atoms with E-state index in [0.717, 1.165) is 5.56 Å². The van der Waals surface area contributed by atoms with Crippen LogP contribution >= 0.6 is 0 Å². The molecular formula is C13H20N2O. The van der Waals surface area contributed by atoms with Crippen LogP contribution in [0.25, 0.3) is 0 Å². The molecule has 1 rings (SSSR count). The zero-order valence-electron chi connectivity index (χ0n) is 10.2. The number of benzene rings is 1. The van der Waals surface area contributed by atoms with Gasteiger partial charge in [-0.05, 0) is 12.5 Å². The van der Waals surface area contributed by atoms with Crippen LogP contribution in [-0.2, 0) is 11.3 Å². The highest BCUT2D eigenvalue weighted by molar-refractivity contribution is 5.77. The van der Waals surface area contributed by atoms with E-state index in [2.05, 4.69) is 16.7 Å². The summed E-state index contributed by atoms with van der Waals surface area (Å²) in [4.78, 5) is 11.4. The Morgan fingerprint density at radius 1 is 1.38 bits per heavy atom. The molecule has 0 aliphatic carbocycles. The topological polar surface area (TPSA) is 41.1 Å². The van der Waals surface area contributed by atoms with Crippen molar-refractivity contribution in [1.29, 1.82) is 0 Å². The standard InChI is InChI=1S/C13H20N2O/c1-10(2)14-9-13(16)15-8-12-6-4-5-11(3)7-12/h4-7,10,14H,8-9H2,1-3H3,(H,15,16). The van der Waals surface area contributed by atoms with Gasteiger partial charge in [-0.25, -0.2) is 0 Å². The zero-order chi connectivity index (χ0) is 12.0. The van der Waals surface area contributed by atoms with Gasteiger partial charge in [0.05, 0.1) is 6.54 Å². The molecule has 3 nitrogen and oxygen atoms in total. The molecule has 0 saturated heterocycles. The third-order valence-corrected chi connectivity index (χ3v) is 2.24. The highest BCUT2D eigenvalue weighted by Crippen LogP contribution is 2.02. The molecule has 0 aliphatic heterocycles. The number of amides is 1. The number of carbonyl (C=O) groups is 1. The molecule has 2 N–H and O–H groups in total. The Morgan fingerprint density at radius 2 is 2.12 bits per heavy atom. The highest BCUT2D eigenvalue weighted by Gasteiger charge is 2.01. The fourth-order valence-corrected chi connectivity index (χ4v) is 1.38. The Hall–Kier alpha value is -1.35. The van der Waals surface area contributed by atoms with Crippen LogP contribution in [0.15, 0.2) is 24.3 Å². The second-order valence-electron chi connectivity index (χ2n) is 4.30. The Bertz CT molecular complexity index is 348. The normalized spacial score (nSPS) is 10.5. The quantitative estimate of drug-likeness (QED) is 0.791. The predicted octanol–water partition coefficient (Wildman–Crippen LogP) is 1.61. The minimum atomic E-state index is 0.0372. The van der Waals surface area contributed by atoms with Crippen LogP contribution in [0.2, 0.25) is 0 Å². The van der Waals surface area contributed by atoms with E-state index in [1.807, 2.05) is 39.0 Å². The molecule has 0 heterocycles. The molecule has 3 heteroatoms. The van der Waals surface area contributed by atoms with E-state index in [4.69, 9.17) is 0 Å². The third-order valence-electron chi connectivity index (χ3n) is 2.24. The summed E-state index contributed by atoms with van der Waals surface area (Å²) in [6.45, 7) is 7.07. The molecule has 0 radical (unpaired) electrons. The first-order chi connectivity index (χ1) is 7.58. The Balaban J connectivity index is 2.31. The molecule has 1 aromatic rings. The van der Waals surface area contributed by atoms with Gasteiger partial charge in [-0.2, -0.15) is 0 Å². The van der Waals surface area contributed by atoms with Gasteiger partial charge in [0.1, 0.15) is 0 Å². The van der Waals surface area contributed by atoms with Crippen LogP contribution in [0.3, 0.4) is 0 Å². The van der Waals surface area contributed by atoms with Crippen molar-refractivity contribution < 1.29 is 4.79 Å². The monoisotopic (exact) mass is 220 g/mol. The Morgan fingerprint density at radius 3 is 2.75 bits per heavy atom. The van der Waals surface area contributed by atoms with Crippen LogP contribution in [0.5, 0.6) is 0 Å². The number of nitrogens with one attached hydrogen (secondary N) is 2. The van der Waals surface area contributed by atoms with E-state index >= 15 is 0 Å². The fraction of sp³-hybridized carbons (Fsp3) is 0.462. The van der Waals surface area contributed by atoms with E-state index in [9.17, 15) is 4.79 Å². The van der Waals surface area contributed by atoms with Crippen LogP contribution in [0.4, 0.5) is 0 Å². The van der Waals surface area contributed by atoms with Gasteiger partial charge >= 0.3 is 0 Å². The van der Waals surface area contributed by atoms with Crippen molar-refractivity contribution in [2.45, 2.75) is 33.4 Å². The van der Waals surface area contributed by atoms with Crippen LogP contribution in [0, 0.1) is 6.92 Å². The van der Waals surface area contributed by atoms with E-state index in [0.29, 0.717) is 19.1 Å². The van der Waals surface area contributed by atoms with Crippen molar-refractivity contribution in [1.82, 2.24) is 10.6 Å².